The molecule has 6 nitrogen and oxygen atoms in total. The molecule has 2 atom stereocenters. The Hall–Kier alpha value is -6.40. The summed E-state index contributed by atoms with van der Waals surface area (Å²) >= 11 is 0. The van der Waals surface area contributed by atoms with E-state index in [1.807, 2.05) is 109 Å². The van der Waals surface area contributed by atoms with E-state index in [4.69, 9.17) is 9.47 Å². The summed E-state index contributed by atoms with van der Waals surface area (Å²) in [4.78, 5) is 16.9. The van der Waals surface area contributed by atoms with Gasteiger partial charge in [-0.25, -0.2) is 0 Å². The maximum absolute atomic E-state index is 14.7. The van der Waals surface area contributed by atoms with Crippen molar-refractivity contribution in [2.24, 2.45) is 11.8 Å². The van der Waals surface area contributed by atoms with Crippen molar-refractivity contribution in [1.29, 1.82) is 0 Å². The molecule has 62 heavy (non-hydrogen) atoms. The second kappa shape index (κ2) is 21.4. The first-order chi connectivity index (χ1) is 30.4. The number of benzene rings is 5. The summed E-state index contributed by atoms with van der Waals surface area (Å²) in [6.45, 7) is 9.85. The average Bonchev–Trinajstić information content (AvgIpc) is 3.32. The van der Waals surface area contributed by atoms with Gasteiger partial charge in [-0.3, -0.25) is 4.79 Å². The number of nitrogens with zero attached hydrogens (tertiary/aromatic N) is 2. The Morgan fingerprint density at radius 3 is 1.61 bits per heavy atom. The zero-order chi connectivity index (χ0) is 43.3. The fourth-order valence-corrected chi connectivity index (χ4v) is 8.27. The Bertz CT molecular complexity index is 2350. The van der Waals surface area contributed by atoms with Crippen molar-refractivity contribution >= 4 is 45.5 Å². The molecular formula is C56H61N2O4+. The first-order valence-electron chi connectivity index (χ1n) is 22.7. The number of Topliss-reactive ketones (excluding diaryl/α,β-unsaturated/α-hetero) is 1. The third-order valence-electron chi connectivity index (χ3n) is 12.0. The lowest BCUT2D eigenvalue weighted by molar-refractivity contribution is -0.111. The van der Waals surface area contributed by atoms with Crippen LogP contribution in [0.3, 0.4) is 0 Å². The van der Waals surface area contributed by atoms with Gasteiger partial charge in [-0.15, -0.1) is 0 Å². The van der Waals surface area contributed by atoms with E-state index < -0.39 is 0 Å². The summed E-state index contributed by atoms with van der Waals surface area (Å²) < 4.78 is 15.7. The Balaban J connectivity index is 1.34. The number of carbonyl (C=O) groups is 1. The van der Waals surface area contributed by atoms with Gasteiger partial charge < -0.3 is 19.5 Å². The Labute approximate surface area is 368 Å². The largest absolute Gasteiger partial charge is 0.506 e. The maximum Gasteiger partial charge on any atom is 0.215 e. The maximum atomic E-state index is 14.7. The Kier molecular flexibility index (Phi) is 15.1. The van der Waals surface area contributed by atoms with Crippen molar-refractivity contribution < 1.29 is 19.4 Å². The predicted molar refractivity (Wildman–Crippen MR) is 257 cm³/mol. The SMILES string of the molecule is CCCCC(CC)COC1=CC(=[N+](c2ccccc2)c2ccccc2)C=C/C1=C1/C(=O)C(c2ccc(N(c3ccccc3)c3ccccc3)cc2OCC(CC)CCCC)=C1O. The molecule has 0 aliphatic heterocycles. The van der Waals surface area contributed by atoms with Crippen molar-refractivity contribution in [3.8, 4) is 5.75 Å². The lowest BCUT2D eigenvalue weighted by Gasteiger charge is -2.29. The molecule has 318 valence electrons. The summed E-state index contributed by atoms with van der Waals surface area (Å²) in [5, 5.41) is 12.1. The summed E-state index contributed by atoms with van der Waals surface area (Å²) in [7, 11) is 0. The molecule has 2 aliphatic carbocycles. The molecule has 1 N–H and O–H groups in total. The topological polar surface area (TPSA) is 62.0 Å². The van der Waals surface area contributed by atoms with Gasteiger partial charge in [0, 0.05) is 64.6 Å². The van der Waals surface area contributed by atoms with Crippen molar-refractivity contribution in [2.45, 2.75) is 79.1 Å². The summed E-state index contributed by atoms with van der Waals surface area (Å²) in [5.74, 6) is 1.58. The molecule has 6 heteroatoms. The monoisotopic (exact) mass is 825 g/mol. The number of carbonyl (C=O) groups excluding carboxylic acids is 1. The lowest BCUT2D eigenvalue weighted by Crippen LogP contribution is -2.26. The number of hydrogen-bond acceptors (Lipinski definition) is 5. The second-order valence-electron chi connectivity index (χ2n) is 16.3. The Morgan fingerprint density at radius 1 is 0.597 bits per heavy atom. The van der Waals surface area contributed by atoms with Crippen LogP contribution in [0.25, 0.3) is 5.57 Å². The van der Waals surface area contributed by atoms with Gasteiger partial charge in [0.2, 0.25) is 22.9 Å². The molecule has 2 unspecified atom stereocenters. The second-order valence-corrected chi connectivity index (χ2v) is 16.3. The lowest BCUT2D eigenvalue weighted by atomic mass is 9.79. The number of ether oxygens (including phenoxy) is 2. The van der Waals surface area contributed by atoms with E-state index >= 15 is 0 Å². The fourth-order valence-electron chi connectivity index (χ4n) is 8.27. The average molecular weight is 826 g/mol. The predicted octanol–water partition coefficient (Wildman–Crippen LogP) is 14.6. The van der Waals surface area contributed by atoms with Gasteiger partial charge in [0.1, 0.15) is 17.3 Å². The van der Waals surface area contributed by atoms with E-state index in [1.165, 1.54) is 0 Å². The zero-order valence-corrected chi connectivity index (χ0v) is 36.8. The van der Waals surface area contributed by atoms with E-state index in [2.05, 4.69) is 85.7 Å². The van der Waals surface area contributed by atoms with Crippen molar-refractivity contribution in [3.05, 3.63) is 186 Å². The molecule has 0 radical (unpaired) electrons. The van der Waals surface area contributed by atoms with E-state index in [0.29, 0.717) is 47.7 Å². The molecule has 0 bridgehead atoms. The summed E-state index contributed by atoms with van der Waals surface area (Å²) in [6, 6.07) is 46.9. The van der Waals surface area contributed by atoms with Crippen LogP contribution in [0.4, 0.5) is 28.4 Å². The molecule has 5 aromatic rings. The highest BCUT2D eigenvalue weighted by molar-refractivity contribution is 6.40. The molecule has 0 amide bonds. The minimum atomic E-state index is -0.236. The third-order valence-corrected chi connectivity index (χ3v) is 12.0. The number of allylic oxidation sites excluding steroid dienone is 5. The van der Waals surface area contributed by atoms with Crippen LogP contribution in [0.2, 0.25) is 0 Å². The number of rotatable bonds is 20. The van der Waals surface area contributed by atoms with Crippen LogP contribution in [0, 0.1) is 11.8 Å². The molecule has 7 rings (SSSR count). The smallest absolute Gasteiger partial charge is 0.215 e. The number of aliphatic hydroxyl groups excluding tert-OH is 1. The molecule has 5 aromatic carbocycles. The van der Waals surface area contributed by atoms with Crippen LogP contribution >= 0.6 is 0 Å². The molecule has 0 fully saturated rings. The number of unbranched alkanes of at least 4 members (excludes halogenated alkanes) is 2. The molecule has 0 saturated carbocycles. The first-order valence-corrected chi connectivity index (χ1v) is 22.7. The van der Waals surface area contributed by atoms with E-state index in [-0.39, 0.29) is 22.7 Å². The van der Waals surface area contributed by atoms with Crippen LogP contribution in [-0.4, -0.2) is 29.8 Å². The van der Waals surface area contributed by atoms with Crippen molar-refractivity contribution in [3.63, 3.8) is 0 Å². The normalized spacial score (nSPS) is 15.8. The highest BCUT2D eigenvalue weighted by atomic mass is 16.5. The summed E-state index contributed by atoms with van der Waals surface area (Å²) in [5.41, 5.74) is 7.45. The van der Waals surface area contributed by atoms with Crippen LogP contribution in [0.5, 0.6) is 5.75 Å². The minimum absolute atomic E-state index is 0.0489. The number of anilines is 3. The quantitative estimate of drug-likeness (QED) is 0.0626. The van der Waals surface area contributed by atoms with Gasteiger partial charge >= 0.3 is 0 Å². The molecular weight excluding hydrogens is 765 g/mol. The van der Waals surface area contributed by atoms with E-state index in [1.54, 1.807) is 0 Å². The molecule has 2 aliphatic rings. The minimum Gasteiger partial charge on any atom is -0.506 e. The highest BCUT2D eigenvalue weighted by Gasteiger charge is 2.40. The van der Waals surface area contributed by atoms with Crippen molar-refractivity contribution in [2.75, 3.05) is 18.1 Å². The standard InChI is InChI=1S/C56H60N2O4/c1-5-9-23-41(7-3)39-61-51-37-47(57(43-25-15-11-16-26-43)44-27-17-12-18-28-44)33-35-49(51)53-55(59)54(56(53)60)50-36-34-48(38-52(50)62-40-42(8-4)24-10-6-2)58(45-29-19-13-20-30-45)46-31-21-14-22-32-46/h11-22,25-38,41-42H,5-10,23-24,39-40H2,1-4H3/p+1. The van der Waals surface area contributed by atoms with Crippen molar-refractivity contribution in [1.82, 2.24) is 4.58 Å². The third kappa shape index (κ3) is 10.0. The van der Waals surface area contributed by atoms with Gasteiger partial charge in [-0.2, -0.15) is 4.58 Å². The van der Waals surface area contributed by atoms with E-state index in [9.17, 15) is 9.90 Å². The zero-order valence-electron chi connectivity index (χ0n) is 36.8. The molecule has 0 saturated heterocycles. The number of ketones is 1. The molecule has 0 aromatic heterocycles. The highest BCUT2D eigenvalue weighted by Crippen LogP contribution is 2.46. The Morgan fingerprint density at radius 2 is 1.11 bits per heavy atom. The van der Waals surface area contributed by atoms with Gasteiger partial charge in [0.25, 0.3) is 0 Å². The number of para-hydroxylation sites is 4. The first kappa shape index (κ1) is 43.7. The number of aliphatic hydroxyl groups is 1. The van der Waals surface area contributed by atoms with E-state index in [0.717, 1.165) is 85.5 Å². The fraction of sp³-hybridized carbons (Fsp3) is 0.286. The molecule has 0 heterocycles. The molecule has 0 spiro atoms. The van der Waals surface area contributed by atoms with Gasteiger partial charge in [-0.05, 0) is 67.2 Å². The van der Waals surface area contributed by atoms with Gasteiger partial charge in [0.15, 0.2) is 0 Å². The van der Waals surface area contributed by atoms with Crippen LogP contribution in [0.15, 0.2) is 180 Å². The number of hydrogen-bond donors (Lipinski definition) is 1. The van der Waals surface area contributed by atoms with Gasteiger partial charge in [0.05, 0.1) is 30.4 Å². The van der Waals surface area contributed by atoms with Crippen LogP contribution < -0.4 is 14.2 Å². The van der Waals surface area contributed by atoms with Crippen LogP contribution in [-0.2, 0) is 9.53 Å². The van der Waals surface area contributed by atoms with Crippen LogP contribution in [0.1, 0.15) is 84.6 Å². The summed E-state index contributed by atoms with van der Waals surface area (Å²) in [6.07, 6.45) is 14.5. The van der Waals surface area contributed by atoms with Gasteiger partial charge in [-0.1, -0.05) is 139 Å².